The minimum Gasteiger partial charge on any atom is -0.310 e. The average molecular weight is 235 g/mol. The molecule has 0 aromatic carbocycles. The van der Waals surface area contributed by atoms with Gasteiger partial charge in [-0.25, -0.2) is 0 Å². The first-order valence-electron chi connectivity index (χ1n) is 7.84. The molecule has 1 atom stereocenters. The van der Waals surface area contributed by atoms with Crippen LogP contribution in [-0.4, -0.2) is 12.6 Å². The van der Waals surface area contributed by atoms with E-state index in [1.807, 2.05) is 0 Å². The molecule has 0 aliphatic heterocycles. The molecule has 1 heteroatoms. The summed E-state index contributed by atoms with van der Waals surface area (Å²) in [7, 11) is 0. The van der Waals surface area contributed by atoms with Crippen molar-refractivity contribution < 1.29 is 0 Å². The van der Waals surface area contributed by atoms with Gasteiger partial charge in [-0.15, -0.1) is 0 Å². The predicted octanol–water partition coefficient (Wildman–Crippen LogP) is 4.44. The Morgan fingerprint density at radius 1 is 1.12 bits per heavy atom. The van der Waals surface area contributed by atoms with Crippen LogP contribution >= 0.6 is 0 Å². The van der Waals surface area contributed by atoms with E-state index in [1.54, 1.807) is 5.57 Å². The van der Waals surface area contributed by atoms with Gasteiger partial charge in [0.05, 0.1) is 0 Å². The molecule has 1 N–H and O–H groups in total. The lowest BCUT2D eigenvalue weighted by Gasteiger charge is -2.28. The zero-order chi connectivity index (χ0) is 11.9. The van der Waals surface area contributed by atoms with E-state index >= 15 is 0 Å². The highest BCUT2D eigenvalue weighted by Gasteiger charge is 2.26. The molecule has 1 saturated carbocycles. The number of hydrogen-bond acceptors (Lipinski definition) is 1. The molecule has 1 fully saturated rings. The topological polar surface area (TPSA) is 12.0 Å². The summed E-state index contributed by atoms with van der Waals surface area (Å²) in [5.41, 5.74) is 1.75. The minimum atomic E-state index is 0.709. The van der Waals surface area contributed by atoms with Gasteiger partial charge in [0.1, 0.15) is 0 Å². The number of hydrogen-bond donors (Lipinski definition) is 1. The lowest BCUT2D eigenvalue weighted by Crippen LogP contribution is -2.37. The van der Waals surface area contributed by atoms with Crippen molar-refractivity contribution in [1.82, 2.24) is 5.32 Å². The van der Waals surface area contributed by atoms with Gasteiger partial charge < -0.3 is 5.32 Å². The number of rotatable bonds is 4. The maximum atomic E-state index is 3.77. The van der Waals surface area contributed by atoms with Gasteiger partial charge in [-0.05, 0) is 51.0 Å². The molecule has 2 aliphatic carbocycles. The second-order valence-electron chi connectivity index (χ2n) is 5.81. The Bertz CT molecular complexity index is 238. The van der Waals surface area contributed by atoms with E-state index in [2.05, 4.69) is 18.3 Å². The van der Waals surface area contributed by atoms with Gasteiger partial charge in [0.25, 0.3) is 0 Å². The molecule has 0 bridgehead atoms. The third-order valence-electron chi connectivity index (χ3n) is 4.52. The number of allylic oxidation sites excluding steroid dienone is 1. The van der Waals surface area contributed by atoms with Crippen LogP contribution in [0.4, 0.5) is 0 Å². The van der Waals surface area contributed by atoms with E-state index < -0.39 is 0 Å². The zero-order valence-corrected chi connectivity index (χ0v) is 11.5. The lowest BCUT2D eigenvalue weighted by atomic mass is 9.86. The second kappa shape index (κ2) is 7.20. The van der Waals surface area contributed by atoms with Gasteiger partial charge >= 0.3 is 0 Å². The predicted molar refractivity (Wildman–Crippen MR) is 75.2 cm³/mol. The Morgan fingerprint density at radius 2 is 1.88 bits per heavy atom. The van der Waals surface area contributed by atoms with Crippen molar-refractivity contribution in [3.63, 3.8) is 0 Å². The van der Waals surface area contributed by atoms with Crippen molar-refractivity contribution in [2.24, 2.45) is 5.92 Å². The molecular formula is C16H29N. The molecule has 2 aliphatic rings. The summed E-state index contributed by atoms with van der Waals surface area (Å²) in [6, 6.07) is 0.709. The van der Waals surface area contributed by atoms with Crippen molar-refractivity contribution in [2.45, 2.75) is 77.2 Å². The Kier molecular flexibility index (Phi) is 5.57. The smallest absolute Gasteiger partial charge is 0.0307 e. The second-order valence-corrected chi connectivity index (χ2v) is 5.81. The van der Waals surface area contributed by atoms with Crippen molar-refractivity contribution in [2.75, 3.05) is 6.54 Å². The summed E-state index contributed by atoms with van der Waals surface area (Å²) in [6.07, 6.45) is 16.8. The normalized spacial score (nSPS) is 25.1. The first kappa shape index (κ1) is 13.1. The fourth-order valence-corrected chi connectivity index (χ4v) is 3.61. The van der Waals surface area contributed by atoms with Crippen LogP contribution in [0.5, 0.6) is 0 Å². The fraction of sp³-hybridized carbons (Fsp3) is 0.875. The molecule has 1 unspecified atom stereocenters. The Hall–Kier alpha value is -0.300. The van der Waals surface area contributed by atoms with Crippen molar-refractivity contribution in [3.8, 4) is 0 Å². The van der Waals surface area contributed by atoms with E-state index in [9.17, 15) is 0 Å². The maximum absolute atomic E-state index is 3.77. The summed E-state index contributed by atoms with van der Waals surface area (Å²) in [5, 5.41) is 3.77. The van der Waals surface area contributed by atoms with Gasteiger partial charge in [0.15, 0.2) is 0 Å². The molecule has 2 rings (SSSR count). The Balaban J connectivity index is 2.01. The molecule has 0 heterocycles. The van der Waals surface area contributed by atoms with E-state index in [0.717, 1.165) is 12.5 Å². The van der Waals surface area contributed by atoms with Crippen LogP contribution in [0.15, 0.2) is 11.6 Å². The monoisotopic (exact) mass is 235 g/mol. The highest BCUT2D eigenvalue weighted by molar-refractivity contribution is 5.14. The van der Waals surface area contributed by atoms with Crippen LogP contribution in [0.3, 0.4) is 0 Å². The van der Waals surface area contributed by atoms with E-state index in [-0.39, 0.29) is 0 Å². The van der Waals surface area contributed by atoms with E-state index in [1.165, 1.54) is 64.2 Å². The van der Waals surface area contributed by atoms with Crippen LogP contribution in [0.25, 0.3) is 0 Å². The Labute approximate surface area is 107 Å². The molecule has 98 valence electrons. The molecule has 0 radical (unpaired) electrons. The van der Waals surface area contributed by atoms with Gasteiger partial charge in [-0.2, -0.15) is 0 Å². The molecule has 0 aromatic heterocycles. The third kappa shape index (κ3) is 3.84. The quantitative estimate of drug-likeness (QED) is 0.711. The van der Waals surface area contributed by atoms with E-state index in [4.69, 9.17) is 0 Å². The van der Waals surface area contributed by atoms with Crippen LogP contribution in [0.2, 0.25) is 0 Å². The van der Waals surface area contributed by atoms with E-state index in [0.29, 0.717) is 6.04 Å². The van der Waals surface area contributed by atoms with Crippen molar-refractivity contribution in [3.05, 3.63) is 11.6 Å². The highest BCUT2D eigenvalue weighted by atomic mass is 14.9. The maximum Gasteiger partial charge on any atom is 0.0307 e. The van der Waals surface area contributed by atoms with Gasteiger partial charge in [-0.3, -0.25) is 0 Å². The van der Waals surface area contributed by atoms with Crippen LogP contribution in [-0.2, 0) is 0 Å². The van der Waals surface area contributed by atoms with Crippen LogP contribution in [0, 0.1) is 5.92 Å². The number of likely N-dealkylation sites (N-methyl/N-ethyl adjacent to an activating group) is 1. The first-order valence-corrected chi connectivity index (χ1v) is 7.84. The molecule has 1 nitrogen and oxygen atoms in total. The standard InChI is InChI=1S/C16H29N/c1-2-17-16(15-12-8-9-13-15)14-10-6-4-3-5-7-11-14/h10,15-17H,2-9,11-13H2,1H3. The van der Waals surface area contributed by atoms with Gasteiger partial charge in [-0.1, -0.05) is 44.3 Å². The fourth-order valence-electron chi connectivity index (χ4n) is 3.61. The van der Waals surface area contributed by atoms with Crippen LogP contribution in [0.1, 0.15) is 71.1 Å². The summed E-state index contributed by atoms with van der Waals surface area (Å²) in [5.74, 6) is 0.931. The summed E-state index contributed by atoms with van der Waals surface area (Å²) >= 11 is 0. The Morgan fingerprint density at radius 3 is 2.65 bits per heavy atom. The van der Waals surface area contributed by atoms with Crippen molar-refractivity contribution in [1.29, 1.82) is 0 Å². The first-order chi connectivity index (χ1) is 8.42. The third-order valence-corrected chi connectivity index (χ3v) is 4.52. The zero-order valence-electron chi connectivity index (χ0n) is 11.5. The lowest BCUT2D eigenvalue weighted by molar-refractivity contribution is 0.392. The van der Waals surface area contributed by atoms with Gasteiger partial charge in [0, 0.05) is 6.04 Å². The molecular weight excluding hydrogens is 206 g/mol. The average Bonchev–Trinajstić information content (AvgIpc) is 2.79. The molecule has 0 saturated heterocycles. The largest absolute Gasteiger partial charge is 0.310 e. The molecule has 0 spiro atoms. The highest BCUT2D eigenvalue weighted by Crippen LogP contribution is 2.33. The summed E-state index contributed by atoms with van der Waals surface area (Å²) < 4.78 is 0. The minimum absolute atomic E-state index is 0.709. The molecule has 0 amide bonds. The molecule has 0 aromatic rings. The SMILES string of the molecule is CCNC(C1=CCCCCCC1)C1CCCC1. The summed E-state index contributed by atoms with van der Waals surface area (Å²) in [6.45, 7) is 3.38. The van der Waals surface area contributed by atoms with Crippen molar-refractivity contribution >= 4 is 0 Å². The molecule has 17 heavy (non-hydrogen) atoms. The van der Waals surface area contributed by atoms with Crippen LogP contribution < -0.4 is 5.32 Å². The van der Waals surface area contributed by atoms with Gasteiger partial charge in [0.2, 0.25) is 0 Å². The summed E-state index contributed by atoms with van der Waals surface area (Å²) in [4.78, 5) is 0. The number of nitrogens with one attached hydrogen (secondary N) is 1.